The van der Waals surface area contributed by atoms with Crippen LogP contribution >= 0.6 is 11.6 Å². The average molecular weight is 360 g/mol. The fourth-order valence-electron chi connectivity index (χ4n) is 2.34. The van der Waals surface area contributed by atoms with E-state index in [0.717, 1.165) is 12.0 Å². The fraction of sp³-hybridized carbons (Fsp3) is 0.263. The van der Waals surface area contributed by atoms with Crippen LogP contribution < -0.4 is 16.4 Å². The van der Waals surface area contributed by atoms with E-state index in [1.54, 1.807) is 18.2 Å². The molecule has 0 aliphatic heterocycles. The minimum Gasteiger partial charge on any atom is -0.399 e. The number of benzene rings is 2. The van der Waals surface area contributed by atoms with Gasteiger partial charge in [0.05, 0.1) is 10.6 Å². The number of hydrogen-bond donors (Lipinski definition) is 3. The van der Waals surface area contributed by atoms with Gasteiger partial charge in [0.15, 0.2) is 0 Å². The first-order valence-corrected chi connectivity index (χ1v) is 8.60. The molecule has 132 valence electrons. The summed E-state index contributed by atoms with van der Waals surface area (Å²) in [5.41, 5.74) is 8.45. The minimum atomic E-state index is -0.218. The summed E-state index contributed by atoms with van der Waals surface area (Å²) >= 11 is 6.15. The molecule has 0 fully saturated rings. The Morgan fingerprint density at radius 3 is 2.60 bits per heavy atom. The predicted octanol–water partition coefficient (Wildman–Crippen LogP) is 3.63. The van der Waals surface area contributed by atoms with Gasteiger partial charge in [0.2, 0.25) is 5.91 Å². The van der Waals surface area contributed by atoms with E-state index >= 15 is 0 Å². The molecule has 0 bridgehead atoms. The van der Waals surface area contributed by atoms with Crippen LogP contribution in [0.1, 0.15) is 35.7 Å². The van der Waals surface area contributed by atoms with Gasteiger partial charge in [-0.2, -0.15) is 0 Å². The standard InChI is InChI=1S/C19H22ClN3O2/c1-2-11-22-19(25)15-9-8-14(12-16(15)20)23-18(24)10-7-13-5-3-4-6-17(13)21/h3-6,8-9,12H,2,7,10-11,21H2,1H3,(H,22,25)(H,23,24). The first-order valence-electron chi connectivity index (χ1n) is 8.22. The molecule has 0 saturated carbocycles. The van der Waals surface area contributed by atoms with E-state index < -0.39 is 0 Å². The summed E-state index contributed by atoms with van der Waals surface area (Å²) in [5, 5.41) is 5.86. The number of halogens is 1. The molecule has 0 unspecified atom stereocenters. The van der Waals surface area contributed by atoms with Crippen molar-refractivity contribution in [3.05, 3.63) is 58.6 Å². The van der Waals surface area contributed by atoms with Crippen molar-refractivity contribution in [1.82, 2.24) is 5.32 Å². The maximum Gasteiger partial charge on any atom is 0.252 e. The van der Waals surface area contributed by atoms with Gasteiger partial charge in [0, 0.05) is 24.3 Å². The molecule has 0 aliphatic rings. The summed E-state index contributed by atoms with van der Waals surface area (Å²) in [6.07, 6.45) is 1.72. The van der Waals surface area contributed by atoms with Gasteiger partial charge in [0.25, 0.3) is 5.91 Å². The van der Waals surface area contributed by atoms with E-state index in [9.17, 15) is 9.59 Å². The number of aryl methyl sites for hydroxylation is 1. The molecule has 25 heavy (non-hydrogen) atoms. The van der Waals surface area contributed by atoms with E-state index in [4.69, 9.17) is 17.3 Å². The number of nitrogens with two attached hydrogens (primary N) is 1. The van der Waals surface area contributed by atoms with Gasteiger partial charge in [-0.25, -0.2) is 0 Å². The highest BCUT2D eigenvalue weighted by Gasteiger charge is 2.11. The van der Waals surface area contributed by atoms with Gasteiger partial charge in [-0.05, 0) is 42.7 Å². The fourth-order valence-corrected chi connectivity index (χ4v) is 2.61. The lowest BCUT2D eigenvalue weighted by molar-refractivity contribution is -0.116. The van der Waals surface area contributed by atoms with E-state index in [2.05, 4.69) is 10.6 Å². The number of anilines is 2. The quantitative estimate of drug-likeness (QED) is 0.660. The molecule has 0 atom stereocenters. The lowest BCUT2D eigenvalue weighted by Gasteiger charge is -2.10. The number of rotatable bonds is 7. The van der Waals surface area contributed by atoms with Crippen molar-refractivity contribution in [3.8, 4) is 0 Å². The molecule has 0 aliphatic carbocycles. The van der Waals surface area contributed by atoms with Crippen LogP contribution in [0.15, 0.2) is 42.5 Å². The number of nitrogen functional groups attached to an aromatic ring is 1. The van der Waals surface area contributed by atoms with Gasteiger partial charge in [-0.3, -0.25) is 9.59 Å². The monoisotopic (exact) mass is 359 g/mol. The molecular formula is C19H22ClN3O2. The Hall–Kier alpha value is -2.53. The average Bonchev–Trinajstić information content (AvgIpc) is 2.59. The largest absolute Gasteiger partial charge is 0.399 e. The lowest BCUT2D eigenvalue weighted by atomic mass is 10.1. The van der Waals surface area contributed by atoms with Gasteiger partial charge in [-0.1, -0.05) is 36.7 Å². The number of amides is 2. The Kier molecular flexibility index (Phi) is 6.83. The van der Waals surface area contributed by atoms with Crippen molar-refractivity contribution in [2.24, 2.45) is 0 Å². The van der Waals surface area contributed by atoms with E-state index in [1.807, 2.05) is 31.2 Å². The summed E-state index contributed by atoms with van der Waals surface area (Å²) in [4.78, 5) is 24.0. The number of carbonyl (C=O) groups excluding carboxylic acids is 2. The molecule has 2 aromatic carbocycles. The Morgan fingerprint density at radius 2 is 1.92 bits per heavy atom. The SMILES string of the molecule is CCCNC(=O)c1ccc(NC(=O)CCc2ccccc2N)cc1Cl. The smallest absolute Gasteiger partial charge is 0.252 e. The second-order valence-corrected chi connectivity index (χ2v) is 6.10. The number of carbonyl (C=O) groups is 2. The summed E-state index contributed by atoms with van der Waals surface area (Å²) in [7, 11) is 0. The third kappa shape index (κ3) is 5.50. The molecule has 2 aromatic rings. The van der Waals surface area contributed by atoms with Crippen molar-refractivity contribution in [1.29, 1.82) is 0 Å². The van der Waals surface area contributed by atoms with Crippen molar-refractivity contribution in [3.63, 3.8) is 0 Å². The summed E-state index contributed by atoms with van der Waals surface area (Å²) in [6.45, 7) is 2.57. The number of para-hydroxylation sites is 1. The van der Waals surface area contributed by atoms with Crippen LogP contribution in [-0.4, -0.2) is 18.4 Å². The Labute approximate surface area is 152 Å². The van der Waals surface area contributed by atoms with Gasteiger partial charge in [-0.15, -0.1) is 0 Å². The van der Waals surface area contributed by atoms with Crippen LogP contribution in [0.5, 0.6) is 0 Å². The van der Waals surface area contributed by atoms with Crippen LogP contribution in [0.3, 0.4) is 0 Å². The van der Waals surface area contributed by atoms with E-state index in [-0.39, 0.29) is 11.8 Å². The molecule has 5 nitrogen and oxygen atoms in total. The van der Waals surface area contributed by atoms with Crippen molar-refractivity contribution in [2.45, 2.75) is 26.2 Å². The number of hydrogen-bond acceptors (Lipinski definition) is 3. The van der Waals surface area contributed by atoms with Gasteiger partial charge in [0.1, 0.15) is 0 Å². The zero-order valence-corrected chi connectivity index (χ0v) is 14.9. The van der Waals surface area contributed by atoms with E-state index in [1.165, 1.54) is 0 Å². The van der Waals surface area contributed by atoms with Crippen LogP contribution in [0.4, 0.5) is 11.4 Å². The normalized spacial score (nSPS) is 10.3. The summed E-state index contributed by atoms with van der Waals surface area (Å²) in [5.74, 6) is -0.355. The van der Waals surface area contributed by atoms with Crippen LogP contribution in [0, 0.1) is 0 Å². The lowest BCUT2D eigenvalue weighted by Crippen LogP contribution is -2.24. The van der Waals surface area contributed by atoms with Crippen LogP contribution in [0.25, 0.3) is 0 Å². The van der Waals surface area contributed by atoms with Crippen molar-refractivity contribution >= 4 is 34.8 Å². The topological polar surface area (TPSA) is 84.2 Å². The molecule has 4 N–H and O–H groups in total. The van der Waals surface area contributed by atoms with Crippen LogP contribution in [-0.2, 0) is 11.2 Å². The second-order valence-electron chi connectivity index (χ2n) is 5.70. The maximum atomic E-state index is 12.1. The maximum absolute atomic E-state index is 12.1. The first kappa shape index (κ1) is 18.8. The van der Waals surface area contributed by atoms with Gasteiger partial charge < -0.3 is 16.4 Å². The third-order valence-corrected chi connectivity index (χ3v) is 4.02. The minimum absolute atomic E-state index is 0.137. The Bertz CT molecular complexity index is 762. The zero-order valence-electron chi connectivity index (χ0n) is 14.1. The Morgan fingerprint density at radius 1 is 1.16 bits per heavy atom. The predicted molar refractivity (Wildman–Crippen MR) is 102 cm³/mol. The molecule has 2 rings (SSSR count). The number of nitrogens with one attached hydrogen (secondary N) is 2. The first-order chi connectivity index (χ1) is 12.0. The van der Waals surface area contributed by atoms with Crippen molar-refractivity contribution in [2.75, 3.05) is 17.6 Å². The highest BCUT2D eigenvalue weighted by molar-refractivity contribution is 6.34. The molecule has 0 spiro atoms. The van der Waals surface area contributed by atoms with Crippen molar-refractivity contribution < 1.29 is 9.59 Å². The zero-order chi connectivity index (χ0) is 18.2. The molecular weight excluding hydrogens is 338 g/mol. The second kappa shape index (κ2) is 9.08. The molecule has 0 aromatic heterocycles. The molecule has 0 heterocycles. The molecule has 0 saturated heterocycles. The van der Waals surface area contributed by atoms with Gasteiger partial charge >= 0.3 is 0 Å². The highest BCUT2D eigenvalue weighted by atomic mass is 35.5. The molecule has 0 radical (unpaired) electrons. The summed E-state index contributed by atoms with van der Waals surface area (Å²) in [6, 6.07) is 12.3. The molecule has 2 amide bonds. The molecule has 6 heteroatoms. The Balaban J connectivity index is 1.94. The van der Waals surface area contributed by atoms with Crippen LogP contribution in [0.2, 0.25) is 5.02 Å². The highest BCUT2D eigenvalue weighted by Crippen LogP contribution is 2.21. The van der Waals surface area contributed by atoms with E-state index in [0.29, 0.717) is 41.3 Å². The summed E-state index contributed by atoms with van der Waals surface area (Å²) < 4.78 is 0. The third-order valence-electron chi connectivity index (χ3n) is 3.71.